The maximum atomic E-state index is 13.1. The molecule has 0 spiro atoms. The Kier molecular flexibility index (Phi) is 23.9. The Labute approximate surface area is 317 Å². The van der Waals surface area contributed by atoms with Gasteiger partial charge in [0.05, 0.1) is 111 Å². The Morgan fingerprint density at radius 3 is 1.83 bits per heavy atom. The second-order valence-electron chi connectivity index (χ2n) is 13.7. The third-order valence-electron chi connectivity index (χ3n) is 10.0. The lowest BCUT2D eigenvalue weighted by Gasteiger charge is -2.38. The molecule has 15 nitrogen and oxygen atoms in total. The number of nitrogens with zero attached hydrogens (tertiary/aromatic N) is 3. The van der Waals surface area contributed by atoms with E-state index in [1.807, 2.05) is 16.8 Å². The summed E-state index contributed by atoms with van der Waals surface area (Å²) in [6, 6.07) is 0.0303. The van der Waals surface area contributed by atoms with Crippen LogP contribution in [0.4, 0.5) is 0 Å². The minimum atomic E-state index is -0.312. The Morgan fingerprint density at radius 2 is 1.34 bits per heavy atom. The molecular weight excluding hydrogens is 688 g/mol. The van der Waals surface area contributed by atoms with Crippen molar-refractivity contribution < 1.29 is 52.3 Å². The number of rotatable bonds is 32. The molecule has 15 heteroatoms. The van der Waals surface area contributed by atoms with Gasteiger partial charge in [-0.2, -0.15) is 0 Å². The van der Waals surface area contributed by atoms with Gasteiger partial charge < -0.3 is 48.3 Å². The van der Waals surface area contributed by atoms with E-state index in [1.54, 1.807) is 7.11 Å². The molecule has 4 atom stereocenters. The topological polar surface area (TPSA) is 155 Å². The summed E-state index contributed by atoms with van der Waals surface area (Å²) in [4.78, 5) is 54.0. The van der Waals surface area contributed by atoms with Crippen LogP contribution in [-0.4, -0.2) is 176 Å². The molecule has 0 radical (unpaired) electrons. The Balaban J connectivity index is 1.42. The summed E-state index contributed by atoms with van der Waals surface area (Å²) < 4.78 is 38.7. The number of likely N-dealkylation sites (tertiary alicyclic amines) is 1. The van der Waals surface area contributed by atoms with Crippen LogP contribution in [0, 0.1) is 5.92 Å². The Bertz CT molecular complexity index is 1070. The van der Waals surface area contributed by atoms with Crippen LogP contribution < -0.4 is 5.32 Å². The molecule has 0 aromatic rings. The fraction of sp³-hybridized carbons (Fsp3) is 0.842. The van der Waals surface area contributed by atoms with Crippen molar-refractivity contribution >= 4 is 23.6 Å². The van der Waals surface area contributed by atoms with Gasteiger partial charge in [-0.25, -0.2) is 0 Å². The molecule has 1 N–H and O–H groups in total. The first-order valence-corrected chi connectivity index (χ1v) is 19.4. The van der Waals surface area contributed by atoms with Crippen LogP contribution in [0.15, 0.2) is 12.2 Å². The van der Waals surface area contributed by atoms with Crippen LogP contribution in [0.25, 0.3) is 0 Å². The molecule has 306 valence electrons. The highest BCUT2D eigenvalue weighted by atomic mass is 16.6. The molecule has 3 unspecified atom stereocenters. The van der Waals surface area contributed by atoms with Gasteiger partial charge >= 0.3 is 0 Å². The van der Waals surface area contributed by atoms with Crippen molar-refractivity contribution in [2.75, 3.05) is 120 Å². The third kappa shape index (κ3) is 17.2. The van der Waals surface area contributed by atoms with Gasteiger partial charge in [0, 0.05) is 38.4 Å². The van der Waals surface area contributed by atoms with Crippen LogP contribution in [0.3, 0.4) is 0 Å². The van der Waals surface area contributed by atoms with Gasteiger partial charge in [0.15, 0.2) is 0 Å². The lowest BCUT2D eigenvalue weighted by atomic mass is 9.91. The molecule has 53 heavy (non-hydrogen) atoms. The van der Waals surface area contributed by atoms with E-state index in [0.717, 1.165) is 43.5 Å². The Hall–Kier alpha value is -2.50. The van der Waals surface area contributed by atoms with Crippen LogP contribution in [0.1, 0.15) is 66.2 Å². The van der Waals surface area contributed by atoms with E-state index in [-0.39, 0.29) is 61.0 Å². The first kappa shape index (κ1) is 46.7. The van der Waals surface area contributed by atoms with Gasteiger partial charge in [0.25, 0.3) is 11.8 Å². The minimum Gasteiger partial charge on any atom is -0.379 e. The molecular formula is C38H68N4O11. The molecule has 4 amide bonds. The summed E-state index contributed by atoms with van der Waals surface area (Å²) in [7, 11) is 3.59. The van der Waals surface area contributed by atoms with E-state index < -0.39 is 0 Å². The standard InChI is InChI=1S/C38H68N4O11/c1-7-31(3)37(32(8-2)47-6)40(5)36(46)30-39-15-14-38(4)13-9-16-42(38)35(45)12-18-48-20-22-50-24-26-52-28-29-53-27-25-51-23-21-49-19-17-41-33(43)10-11-34(41)44/h10-11,31-32,37,39H,7-9,12-30H2,1-6H3/t31?,32?,37?,38-/m0/s1. The average molecular weight is 757 g/mol. The third-order valence-corrected chi connectivity index (χ3v) is 10.0. The summed E-state index contributed by atoms with van der Waals surface area (Å²) >= 11 is 0. The summed E-state index contributed by atoms with van der Waals surface area (Å²) in [5, 5.41) is 3.33. The highest BCUT2D eigenvalue weighted by molar-refractivity contribution is 6.12. The summed E-state index contributed by atoms with van der Waals surface area (Å²) in [5.74, 6) is -0.141. The number of nitrogens with one attached hydrogen (secondary N) is 1. The molecule has 2 aliphatic heterocycles. The number of amides is 4. The number of methoxy groups -OCH3 is 1. The predicted octanol–water partition coefficient (Wildman–Crippen LogP) is 2.06. The molecule has 2 aliphatic rings. The van der Waals surface area contributed by atoms with Gasteiger partial charge in [-0.15, -0.1) is 0 Å². The molecule has 0 saturated carbocycles. The smallest absolute Gasteiger partial charge is 0.253 e. The second kappa shape index (κ2) is 27.1. The fourth-order valence-corrected chi connectivity index (χ4v) is 6.64. The van der Waals surface area contributed by atoms with Crippen molar-refractivity contribution in [1.82, 2.24) is 20.0 Å². The highest BCUT2D eigenvalue weighted by Gasteiger charge is 2.39. The summed E-state index contributed by atoms with van der Waals surface area (Å²) in [6.07, 6.45) is 7.35. The van der Waals surface area contributed by atoms with Crippen LogP contribution in [0.5, 0.6) is 0 Å². The quantitative estimate of drug-likeness (QED) is 0.0790. The molecule has 0 aliphatic carbocycles. The Morgan fingerprint density at radius 1 is 0.830 bits per heavy atom. The number of imide groups is 1. The normalized spacial score (nSPS) is 19.0. The van der Waals surface area contributed by atoms with Crippen LogP contribution >= 0.6 is 0 Å². The van der Waals surface area contributed by atoms with Gasteiger partial charge in [-0.3, -0.25) is 24.1 Å². The van der Waals surface area contributed by atoms with E-state index in [4.69, 9.17) is 33.2 Å². The zero-order valence-electron chi connectivity index (χ0n) is 33.3. The summed E-state index contributed by atoms with van der Waals surface area (Å²) in [5.41, 5.74) is -0.236. The van der Waals surface area contributed by atoms with E-state index in [0.29, 0.717) is 91.6 Å². The molecule has 0 bridgehead atoms. The number of hydrogen-bond acceptors (Lipinski definition) is 12. The van der Waals surface area contributed by atoms with Crippen molar-refractivity contribution in [3.63, 3.8) is 0 Å². The second-order valence-corrected chi connectivity index (χ2v) is 13.7. The van der Waals surface area contributed by atoms with E-state index >= 15 is 0 Å². The van der Waals surface area contributed by atoms with Crippen molar-refractivity contribution in [1.29, 1.82) is 0 Å². The first-order chi connectivity index (χ1) is 25.6. The van der Waals surface area contributed by atoms with E-state index in [2.05, 4.69) is 33.0 Å². The van der Waals surface area contributed by atoms with Crippen LogP contribution in [0.2, 0.25) is 0 Å². The van der Waals surface area contributed by atoms with Crippen molar-refractivity contribution in [2.45, 2.75) is 83.9 Å². The van der Waals surface area contributed by atoms with Crippen molar-refractivity contribution in [2.24, 2.45) is 5.92 Å². The predicted molar refractivity (Wildman–Crippen MR) is 199 cm³/mol. The lowest BCUT2D eigenvalue weighted by Crippen LogP contribution is -2.51. The summed E-state index contributed by atoms with van der Waals surface area (Å²) in [6.45, 7) is 15.3. The van der Waals surface area contributed by atoms with E-state index in [9.17, 15) is 19.2 Å². The molecule has 1 fully saturated rings. The number of ether oxygens (including phenoxy) is 7. The van der Waals surface area contributed by atoms with Gasteiger partial charge in [0.1, 0.15) is 0 Å². The fourth-order valence-electron chi connectivity index (χ4n) is 6.64. The maximum Gasteiger partial charge on any atom is 0.253 e. The first-order valence-electron chi connectivity index (χ1n) is 19.4. The number of carbonyl (C=O) groups is 4. The van der Waals surface area contributed by atoms with Gasteiger partial charge in [-0.1, -0.05) is 27.2 Å². The number of hydrogen-bond donors (Lipinski definition) is 1. The molecule has 0 aromatic carbocycles. The van der Waals surface area contributed by atoms with E-state index in [1.165, 1.54) is 12.2 Å². The molecule has 1 saturated heterocycles. The lowest BCUT2D eigenvalue weighted by molar-refractivity contribution is -0.138. The van der Waals surface area contributed by atoms with Gasteiger partial charge in [-0.05, 0) is 45.1 Å². The maximum absolute atomic E-state index is 13.1. The molecule has 2 heterocycles. The van der Waals surface area contributed by atoms with Crippen LogP contribution in [-0.2, 0) is 52.3 Å². The minimum absolute atomic E-state index is 0.00329. The highest BCUT2D eigenvalue weighted by Crippen LogP contribution is 2.32. The van der Waals surface area contributed by atoms with Crippen molar-refractivity contribution in [3.05, 3.63) is 12.2 Å². The number of likely N-dealkylation sites (N-methyl/N-ethyl adjacent to an activating group) is 1. The zero-order chi connectivity index (χ0) is 38.9. The average Bonchev–Trinajstić information content (AvgIpc) is 3.70. The van der Waals surface area contributed by atoms with Crippen molar-refractivity contribution in [3.8, 4) is 0 Å². The monoisotopic (exact) mass is 756 g/mol. The SMILES string of the molecule is CCC(C)C(C(CC)OC)N(C)C(=O)CNCC[C@]1(C)CCCN1C(=O)CCOCCOCCOCCOCCOCCOCCN1C(=O)C=CC1=O. The largest absolute Gasteiger partial charge is 0.379 e. The molecule has 0 aromatic heterocycles. The van der Waals surface area contributed by atoms with Gasteiger partial charge in [0.2, 0.25) is 11.8 Å². The number of carbonyl (C=O) groups excluding carboxylic acids is 4. The molecule has 2 rings (SSSR count). The zero-order valence-corrected chi connectivity index (χ0v) is 33.3.